The Bertz CT molecular complexity index is 479. The Morgan fingerprint density at radius 3 is 2.60 bits per heavy atom. The summed E-state index contributed by atoms with van der Waals surface area (Å²) in [7, 11) is 0. The summed E-state index contributed by atoms with van der Waals surface area (Å²) >= 11 is 6.07. The van der Waals surface area contributed by atoms with Gasteiger partial charge in [-0.2, -0.15) is 0 Å². The summed E-state index contributed by atoms with van der Waals surface area (Å²) in [4.78, 5) is 24.2. The first-order valence-corrected chi connectivity index (χ1v) is 6.83. The second-order valence-corrected chi connectivity index (χ2v) is 4.89. The molecule has 1 atom stereocenters. The van der Waals surface area contributed by atoms with Crippen molar-refractivity contribution in [1.29, 1.82) is 0 Å². The van der Waals surface area contributed by atoms with Gasteiger partial charge >= 0.3 is 5.97 Å². The molecule has 20 heavy (non-hydrogen) atoms. The maximum absolute atomic E-state index is 12.2. The number of nitrogens with zero attached hydrogens (tertiary/aromatic N) is 1. The summed E-state index contributed by atoms with van der Waals surface area (Å²) in [5.74, 6) is -1.21. The highest BCUT2D eigenvalue weighted by atomic mass is 35.5. The van der Waals surface area contributed by atoms with Crippen molar-refractivity contribution < 1.29 is 14.7 Å². The normalized spacial score (nSPS) is 11.9. The molecule has 1 unspecified atom stereocenters. The van der Waals surface area contributed by atoms with Crippen molar-refractivity contribution in [2.75, 3.05) is 6.54 Å². The first-order chi connectivity index (χ1) is 9.45. The summed E-state index contributed by atoms with van der Waals surface area (Å²) in [6, 6.07) is 6.49. The largest absolute Gasteiger partial charge is 0.481 e. The van der Waals surface area contributed by atoms with E-state index in [1.807, 2.05) is 25.1 Å². The molecule has 6 heteroatoms. The molecule has 0 aliphatic heterocycles. The molecule has 0 heterocycles. The monoisotopic (exact) mass is 298 g/mol. The van der Waals surface area contributed by atoms with Crippen LogP contribution in [-0.4, -0.2) is 34.5 Å². The van der Waals surface area contributed by atoms with Crippen molar-refractivity contribution >= 4 is 23.5 Å². The van der Waals surface area contributed by atoms with E-state index in [4.69, 9.17) is 22.4 Å². The van der Waals surface area contributed by atoms with Crippen molar-refractivity contribution in [2.45, 2.75) is 32.4 Å². The molecule has 3 N–H and O–H groups in total. The minimum Gasteiger partial charge on any atom is -0.481 e. The highest BCUT2D eigenvalue weighted by molar-refractivity contribution is 6.31. The Hall–Kier alpha value is -1.59. The zero-order valence-electron chi connectivity index (χ0n) is 11.4. The van der Waals surface area contributed by atoms with Gasteiger partial charge in [0.05, 0.1) is 6.04 Å². The summed E-state index contributed by atoms with van der Waals surface area (Å²) < 4.78 is 0. The van der Waals surface area contributed by atoms with Gasteiger partial charge in [-0.3, -0.25) is 9.59 Å². The van der Waals surface area contributed by atoms with Crippen LogP contribution in [-0.2, 0) is 16.1 Å². The third-order valence-electron chi connectivity index (χ3n) is 3.00. The van der Waals surface area contributed by atoms with Crippen LogP contribution in [0.3, 0.4) is 0 Å². The quantitative estimate of drug-likeness (QED) is 0.805. The van der Waals surface area contributed by atoms with Gasteiger partial charge in [0, 0.05) is 24.5 Å². The summed E-state index contributed by atoms with van der Waals surface area (Å²) in [6.45, 7) is 2.71. The molecule has 0 saturated carbocycles. The minimum absolute atomic E-state index is 0.115. The summed E-state index contributed by atoms with van der Waals surface area (Å²) in [5.41, 5.74) is 6.59. The van der Waals surface area contributed by atoms with Crippen LogP contribution in [0.5, 0.6) is 0 Å². The van der Waals surface area contributed by atoms with Crippen LogP contribution in [0.1, 0.15) is 25.3 Å². The number of carboxylic acid groups (broad SMARTS) is 1. The maximum atomic E-state index is 12.2. The standard InChI is InChI=1S/C14H19ClN2O3/c1-2-17(9-10-5-3-4-6-11(10)15)14(20)12(16)7-8-13(18)19/h3-6,12H,2,7-9,16H2,1H3,(H,18,19). The van der Waals surface area contributed by atoms with Crippen molar-refractivity contribution in [2.24, 2.45) is 5.73 Å². The average molecular weight is 299 g/mol. The van der Waals surface area contributed by atoms with Gasteiger partial charge in [0.15, 0.2) is 0 Å². The first-order valence-electron chi connectivity index (χ1n) is 6.45. The number of carboxylic acids is 1. The van der Waals surface area contributed by atoms with Gasteiger partial charge in [-0.25, -0.2) is 0 Å². The fourth-order valence-electron chi connectivity index (χ4n) is 1.81. The van der Waals surface area contributed by atoms with Crippen LogP contribution in [0, 0.1) is 0 Å². The van der Waals surface area contributed by atoms with Gasteiger partial charge in [0.25, 0.3) is 0 Å². The molecule has 0 fully saturated rings. The van der Waals surface area contributed by atoms with E-state index in [1.165, 1.54) is 0 Å². The van der Waals surface area contributed by atoms with E-state index < -0.39 is 12.0 Å². The van der Waals surface area contributed by atoms with Crippen LogP contribution in [0.4, 0.5) is 0 Å². The molecule has 5 nitrogen and oxygen atoms in total. The minimum atomic E-state index is -0.956. The number of halogens is 1. The molecule has 0 saturated heterocycles. The number of rotatable bonds is 7. The molecule has 1 aromatic rings. The van der Waals surface area contributed by atoms with Crippen molar-refractivity contribution in [3.63, 3.8) is 0 Å². The van der Waals surface area contributed by atoms with E-state index in [0.717, 1.165) is 5.56 Å². The van der Waals surface area contributed by atoms with Crippen LogP contribution in [0.2, 0.25) is 5.02 Å². The highest BCUT2D eigenvalue weighted by Crippen LogP contribution is 2.17. The molecule has 1 amide bonds. The van der Waals surface area contributed by atoms with Gasteiger partial charge in [-0.15, -0.1) is 0 Å². The van der Waals surface area contributed by atoms with Gasteiger partial charge in [-0.05, 0) is 25.0 Å². The highest BCUT2D eigenvalue weighted by Gasteiger charge is 2.21. The van der Waals surface area contributed by atoms with Gasteiger partial charge in [0.1, 0.15) is 0 Å². The smallest absolute Gasteiger partial charge is 0.303 e. The third-order valence-corrected chi connectivity index (χ3v) is 3.37. The Balaban J connectivity index is 2.68. The number of benzene rings is 1. The molecule has 0 bridgehead atoms. The van der Waals surface area contributed by atoms with E-state index in [2.05, 4.69) is 0 Å². The number of hydrogen-bond acceptors (Lipinski definition) is 3. The lowest BCUT2D eigenvalue weighted by molar-refractivity contribution is -0.137. The number of carbonyl (C=O) groups excluding carboxylic acids is 1. The van der Waals surface area contributed by atoms with Crippen LogP contribution >= 0.6 is 11.6 Å². The number of hydrogen-bond donors (Lipinski definition) is 2. The molecule has 0 spiro atoms. The molecule has 1 rings (SSSR count). The second-order valence-electron chi connectivity index (χ2n) is 4.48. The molecule has 0 aromatic heterocycles. The topological polar surface area (TPSA) is 83.6 Å². The Labute approximate surface area is 123 Å². The predicted molar refractivity (Wildman–Crippen MR) is 77.4 cm³/mol. The Morgan fingerprint density at radius 2 is 2.05 bits per heavy atom. The number of nitrogens with two attached hydrogens (primary N) is 1. The lowest BCUT2D eigenvalue weighted by atomic mass is 10.1. The molecule has 0 radical (unpaired) electrons. The Kier molecular flexibility index (Phi) is 6.48. The average Bonchev–Trinajstić information content (AvgIpc) is 2.43. The SMILES string of the molecule is CCN(Cc1ccccc1Cl)C(=O)C(N)CCC(=O)O. The van der Waals surface area contributed by atoms with E-state index in [1.54, 1.807) is 11.0 Å². The van der Waals surface area contributed by atoms with E-state index in [0.29, 0.717) is 18.1 Å². The zero-order chi connectivity index (χ0) is 15.1. The van der Waals surface area contributed by atoms with Gasteiger partial charge < -0.3 is 15.7 Å². The summed E-state index contributed by atoms with van der Waals surface area (Å²) in [5, 5.41) is 9.21. The third kappa shape index (κ3) is 4.83. The molecule has 0 aliphatic rings. The number of carbonyl (C=O) groups is 2. The molecule has 1 aromatic carbocycles. The van der Waals surface area contributed by atoms with Crippen molar-refractivity contribution in [3.05, 3.63) is 34.9 Å². The molecular formula is C14H19ClN2O3. The van der Waals surface area contributed by atoms with Crippen LogP contribution in [0.25, 0.3) is 0 Å². The molecular weight excluding hydrogens is 280 g/mol. The Morgan fingerprint density at radius 1 is 1.40 bits per heavy atom. The van der Waals surface area contributed by atoms with E-state index >= 15 is 0 Å². The first kappa shape index (κ1) is 16.5. The zero-order valence-corrected chi connectivity index (χ0v) is 12.1. The number of amides is 1. The van der Waals surface area contributed by atoms with E-state index in [9.17, 15) is 9.59 Å². The maximum Gasteiger partial charge on any atom is 0.303 e. The lowest BCUT2D eigenvalue weighted by Crippen LogP contribution is -2.43. The van der Waals surface area contributed by atoms with Crippen molar-refractivity contribution in [1.82, 2.24) is 4.90 Å². The van der Waals surface area contributed by atoms with Gasteiger partial charge in [-0.1, -0.05) is 29.8 Å². The van der Waals surface area contributed by atoms with Crippen LogP contribution in [0.15, 0.2) is 24.3 Å². The predicted octanol–water partition coefficient (Wildman–Crippen LogP) is 1.88. The molecule has 110 valence electrons. The lowest BCUT2D eigenvalue weighted by Gasteiger charge is -2.24. The van der Waals surface area contributed by atoms with Crippen molar-refractivity contribution in [3.8, 4) is 0 Å². The fraction of sp³-hybridized carbons (Fsp3) is 0.429. The second kappa shape index (κ2) is 7.87. The summed E-state index contributed by atoms with van der Waals surface area (Å²) in [6.07, 6.45) is 0.0176. The fourth-order valence-corrected chi connectivity index (χ4v) is 2.01. The molecule has 0 aliphatic carbocycles. The van der Waals surface area contributed by atoms with E-state index in [-0.39, 0.29) is 18.7 Å². The van der Waals surface area contributed by atoms with Gasteiger partial charge in [0.2, 0.25) is 5.91 Å². The van der Waals surface area contributed by atoms with Crippen LogP contribution < -0.4 is 5.73 Å². The number of aliphatic carboxylic acids is 1. The number of likely N-dealkylation sites (N-methyl/N-ethyl adjacent to an activating group) is 1.